The van der Waals surface area contributed by atoms with Crippen molar-refractivity contribution in [3.05, 3.63) is 385 Å². The van der Waals surface area contributed by atoms with Gasteiger partial charge in [-0.3, -0.25) is 0 Å². The van der Waals surface area contributed by atoms with Crippen molar-refractivity contribution in [1.29, 1.82) is 0 Å². The molecule has 2 aromatic heterocycles. The molecule has 1 atom stereocenters. The lowest BCUT2D eigenvalue weighted by atomic mass is 9.67. The highest BCUT2D eigenvalue weighted by Crippen LogP contribution is 2.57. The van der Waals surface area contributed by atoms with E-state index < -0.39 is 5.41 Å². The number of hydrogen-bond donors (Lipinski definition) is 0. The Balaban J connectivity index is 0.000000152. The van der Waals surface area contributed by atoms with Gasteiger partial charge >= 0.3 is 0 Å². The Bertz CT molecular complexity index is 5480. The molecule has 462 valence electrons. The lowest BCUT2D eigenvalue weighted by Crippen LogP contribution is -2.28. The maximum absolute atomic E-state index is 4.96. The van der Waals surface area contributed by atoms with Gasteiger partial charge in [0, 0.05) is 38.8 Å². The zero-order valence-electron chi connectivity index (χ0n) is 54.2. The summed E-state index contributed by atoms with van der Waals surface area (Å²) < 4.78 is 0. The second kappa shape index (κ2) is 24.9. The number of benzene rings is 14. The molecule has 0 amide bonds. The number of nitrogens with zero attached hydrogens (tertiary/aromatic N) is 6. The van der Waals surface area contributed by atoms with Crippen LogP contribution in [0.15, 0.2) is 352 Å². The first-order valence-electron chi connectivity index (χ1n) is 33.4. The zero-order valence-corrected chi connectivity index (χ0v) is 54.2. The van der Waals surface area contributed by atoms with Crippen LogP contribution in [0.1, 0.15) is 47.2 Å². The highest BCUT2D eigenvalue weighted by atomic mass is 15.0. The van der Waals surface area contributed by atoms with Crippen LogP contribution >= 0.6 is 0 Å². The quantitative estimate of drug-likeness (QED) is 0.128. The van der Waals surface area contributed by atoms with E-state index in [0.29, 0.717) is 34.9 Å². The van der Waals surface area contributed by atoms with Crippen molar-refractivity contribution >= 4 is 10.8 Å². The molecule has 14 aromatic carbocycles. The molecule has 0 fully saturated rings. The zero-order chi connectivity index (χ0) is 65.6. The maximum Gasteiger partial charge on any atom is 0.164 e. The molecule has 2 heterocycles. The molecule has 0 bridgehead atoms. The first-order valence-corrected chi connectivity index (χ1v) is 33.4. The third-order valence-electron chi connectivity index (χ3n) is 19.6. The van der Waals surface area contributed by atoms with Crippen molar-refractivity contribution in [2.45, 2.75) is 24.7 Å². The number of hydrogen-bond acceptors (Lipinski definition) is 6. The lowest BCUT2D eigenvalue weighted by Gasteiger charge is -2.34. The van der Waals surface area contributed by atoms with E-state index >= 15 is 0 Å². The summed E-state index contributed by atoms with van der Waals surface area (Å²) in [4.78, 5) is 29.4. The van der Waals surface area contributed by atoms with E-state index in [1.165, 1.54) is 88.7 Å². The van der Waals surface area contributed by atoms with Gasteiger partial charge in [-0.15, -0.1) is 0 Å². The minimum atomic E-state index is -0.495. The largest absolute Gasteiger partial charge is 0.208 e. The normalized spacial score (nSPS) is 13.7. The smallest absolute Gasteiger partial charge is 0.164 e. The number of fused-ring (bicyclic) bond motifs is 8. The summed E-state index contributed by atoms with van der Waals surface area (Å²) in [5.41, 5.74) is 25.4. The predicted octanol–water partition coefficient (Wildman–Crippen LogP) is 22.6. The van der Waals surface area contributed by atoms with Gasteiger partial charge in [0.2, 0.25) is 0 Å². The first-order chi connectivity index (χ1) is 48.3. The summed E-state index contributed by atoms with van der Waals surface area (Å²) in [5, 5.41) is 2.61. The summed E-state index contributed by atoms with van der Waals surface area (Å²) in [6, 6.07) is 124. The summed E-state index contributed by atoms with van der Waals surface area (Å²) in [5.74, 6) is 3.95. The van der Waals surface area contributed by atoms with Crippen molar-refractivity contribution < 1.29 is 0 Å². The molecule has 0 saturated heterocycles. The van der Waals surface area contributed by atoms with Crippen LogP contribution in [-0.4, -0.2) is 29.9 Å². The van der Waals surface area contributed by atoms with Crippen molar-refractivity contribution in [3.8, 4) is 124 Å². The van der Waals surface area contributed by atoms with Gasteiger partial charge in [-0.2, -0.15) is 0 Å². The molecular formula is C92H64N6. The summed E-state index contributed by atoms with van der Waals surface area (Å²) in [6.45, 7) is 4.68. The Morgan fingerprint density at radius 3 is 1.00 bits per heavy atom. The fourth-order valence-electron chi connectivity index (χ4n) is 14.7. The Morgan fingerprint density at radius 1 is 0.204 bits per heavy atom. The molecule has 18 rings (SSSR count). The number of aromatic nitrogens is 6. The Hall–Kier alpha value is -12.6. The van der Waals surface area contributed by atoms with E-state index in [0.717, 1.165) is 44.5 Å². The fraction of sp³-hybridized carbons (Fsp3) is 0.0435. The minimum Gasteiger partial charge on any atom is -0.208 e. The van der Waals surface area contributed by atoms with Gasteiger partial charge in [0.25, 0.3) is 0 Å². The number of rotatable bonds is 11. The van der Waals surface area contributed by atoms with E-state index in [9.17, 15) is 0 Å². The van der Waals surface area contributed by atoms with Crippen LogP contribution in [0.3, 0.4) is 0 Å². The Labute approximate surface area is 571 Å². The topological polar surface area (TPSA) is 77.3 Å². The van der Waals surface area contributed by atoms with Gasteiger partial charge in [-0.25, -0.2) is 29.9 Å². The second-order valence-electron chi connectivity index (χ2n) is 25.7. The van der Waals surface area contributed by atoms with Gasteiger partial charge in [0.05, 0.1) is 5.41 Å². The summed E-state index contributed by atoms with van der Waals surface area (Å²) in [7, 11) is 0. The lowest BCUT2D eigenvalue weighted by molar-refractivity contribution is 0.661. The van der Waals surface area contributed by atoms with Gasteiger partial charge < -0.3 is 0 Å². The van der Waals surface area contributed by atoms with Crippen molar-refractivity contribution in [2.75, 3.05) is 0 Å². The predicted molar refractivity (Wildman–Crippen MR) is 401 cm³/mol. The highest BCUT2D eigenvalue weighted by Gasteiger charge is 2.46. The fourth-order valence-corrected chi connectivity index (χ4v) is 14.7. The van der Waals surface area contributed by atoms with Crippen LogP contribution in [0.25, 0.3) is 135 Å². The van der Waals surface area contributed by atoms with E-state index in [1.807, 2.05) is 121 Å². The molecule has 16 aromatic rings. The van der Waals surface area contributed by atoms with Gasteiger partial charge in [-0.05, 0) is 112 Å². The first kappa shape index (κ1) is 59.1. The van der Waals surface area contributed by atoms with Gasteiger partial charge in [-0.1, -0.05) is 354 Å². The van der Waals surface area contributed by atoms with Gasteiger partial charge in [0.15, 0.2) is 34.9 Å². The van der Waals surface area contributed by atoms with Crippen LogP contribution in [0.2, 0.25) is 0 Å². The molecule has 0 N–H and O–H groups in total. The third-order valence-corrected chi connectivity index (χ3v) is 19.6. The van der Waals surface area contributed by atoms with Crippen LogP contribution < -0.4 is 0 Å². The van der Waals surface area contributed by atoms with Crippen LogP contribution in [0, 0.1) is 0 Å². The molecule has 6 heteroatoms. The molecule has 2 aliphatic rings. The summed E-state index contributed by atoms with van der Waals surface area (Å²) in [6.07, 6.45) is 0. The molecule has 0 saturated carbocycles. The molecule has 0 radical (unpaired) electrons. The molecule has 0 spiro atoms. The maximum atomic E-state index is 4.96. The average molecular weight is 1250 g/mol. The van der Waals surface area contributed by atoms with Crippen LogP contribution in [-0.2, 0) is 10.8 Å². The van der Waals surface area contributed by atoms with Crippen LogP contribution in [0.4, 0.5) is 0 Å². The van der Waals surface area contributed by atoms with Crippen molar-refractivity contribution in [3.63, 3.8) is 0 Å². The minimum absolute atomic E-state index is 0.0722. The average Bonchev–Trinajstić information content (AvgIpc) is 1.52. The monoisotopic (exact) mass is 1250 g/mol. The Morgan fingerprint density at radius 2 is 0.520 bits per heavy atom. The second-order valence-corrected chi connectivity index (χ2v) is 25.7. The van der Waals surface area contributed by atoms with Crippen molar-refractivity contribution in [2.24, 2.45) is 0 Å². The SMILES string of the molecule is CC1(C)c2cc(-c3ccc(-c4nc(-c5ccccc5)nc(-c5ccccc5)n4)cc3)ccc2-c2c1ccc1ccccc21.c1ccc(-c2ccc(C3(c4ccccc4)c4ccccc4-c4ccc(-c5ccc(-c6nc(-c7ccccc7)nc(-c7ccccc7)n6)cc5)cc43)cc2)cc1. The molecular weight excluding hydrogens is 1190 g/mol. The van der Waals surface area contributed by atoms with Gasteiger partial charge in [0.1, 0.15) is 0 Å². The Kier molecular flexibility index (Phi) is 15.0. The molecule has 6 nitrogen and oxygen atoms in total. The highest BCUT2D eigenvalue weighted by molar-refractivity contribution is 6.03. The molecule has 1 unspecified atom stereocenters. The molecule has 2 aliphatic carbocycles. The van der Waals surface area contributed by atoms with Crippen LogP contribution in [0.5, 0.6) is 0 Å². The third kappa shape index (κ3) is 10.7. The van der Waals surface area contributed by atoms with E-state index in [1.54, 1.807) is 0 Å². The van der Waals surface area contributed by atoms with Crippen molar-refractivity contribution in [1.82, 2.24) is 29.9 Å². The van der Waals surface area contributed by atoms with E-state index in [2.05, 4.69) is 244 Å². The summed E-state index contributed by atoms with van der Waals surface area (Å²) >= 11 is 0. The molecule has 98 heavy (non-hydrogen) atoms. The van der Waals surface area contributed by atoms with E-state index in [-0.39, 0.29) is 5.41 Å². The van der Waals surface area contributed by atoms with E-state index in [4.69, 9.17) is 29.9 Å². The standard InChI is InChI=1S/C52H35N3.C40H29N3/c1-5-15-36(16-6-1)37-29-32-44(33-30-37)52(43-21-11-4-12-22-43)47-24-14-13-23-45(47)46-34-31-42(35-48(46)52)38-25-27-41(28-26-38)51-54-49(39-17-7-2-8-18-39)53-50(55-51)40-19-9-3-10-20-40;1-40(2)34-24-22-27-11-9-10-16-32(27)36(34)33-23-21-31(25-35(33)40)26-17-19-30(20-18-26)39-42-37(28-12-5-3-6-13-28)41-38(43-39)29-14-7-4-8-15-29/h1-35H;3-25H,1-2H3. The molecule has 0 aliphatic heterocycles.